The Morgan fingerprint density at radius 2 is 0.620 bits per heavy atom. The summed E-state index contributed by atoms with van der Waals surface area (Å²) in [4.78, 5) is 96.6. The first kappa shape index (κ1) is 114. The Bertz CT molecular complexity index is 2550. The van der Waals surface area contributed by atoms with E-state index in [-0.39, 0.29) is 25.7 Å². The Morgan fingerprint density at radius 3 is 0.959 bits per heavy atom. The van der Waals surface area contributed by atoms with Crippen molar-refractivity contribution in [3.05, 3.63) is 0 Å². The molecule has 121 heavy (non-hydrogen) atoms. The van der Waals surface area contributed by atoms with E-state index >= 15 is 0 Å². The van der Waals surface area contributed by atoms with Crippen LogP contribution in [-0.4, -0.2) is 172 Å². The number of rotatable bonds is 84. The van der Waals surface area contributed by atoms with Crippen LogP contribution in [0, 0.1) is 0 Å². The van der Waals surface area contributed by atoms with Gasteiger partial charge in [-0.3, -0.25) is 37.9 Å². The molecule has 0 radical (unpaired) electrons. The number of aliphatic hydroxyl groups is 5. The van der Waals surface area contributed by atoms with Crippen molar-refractivity contribution < 1.29 is 101 Å². The minimum absolute atomic E-state index is 0.160. The van der Waals surface area contributed by atoms with Crippen molar-refractivity contribution in [2.45, 2.75) is 564 Å². The SMILES string of the molecule is CCCCCCCCCCCCCCCC(=O)OC(CCCCCCCCCCC)CC(=O)NC1C(OP(C)(=O)O)OC(CO[C@@H]2OC(CO)C(O)[C@H](OC(=O)CC(CCCCCCCCCCC)OC(=O)CCCCCCCCCCC)C2NC(=O)CC(O)CCCCCCCCCCC)[C@@H](O)[C@@H]1OC(=O)CC(O)CCCCCCCCCCC. The monoisotopic (exact) mass is 1740 g/mol. The molecule has 23 nitrogen and oxygen atoms in total. The molecule has 712 valence electrons. The highest BCUT2D eigenvalue weighted by molar-refractivity contribution is 7.51. The molecule has 0 aliphatic carbocycles. The predicted octanol–water partition coefficient (Wildman–Crippen LogP) is 22.0. The number of carbonyl (C=O) groups excluding carboxylic acids is 6. The first-order valence-electron chi connectivity index (χ1n) is 50.2. The Morgan fingerprint density at radius 1 is 0.347 bits per heavy atom. The second kappa shape index (κ2) is 76.7. The number of hydrogen-bond donors (Lipinski definition) is 8. The van der Waals surface area contributed by atoms with Crippen molar-refractivity contribution in [1.29, 1.82) is 0 Å². The summed E-state index contributed by atoms with van der Waals surface area (Å²) >= 11 is 0. The van der Waals surface area contributed by atoms with Gasteiger partial charge >= 0.3 is 31.5 Å². The topological polar surface area (TPSA) is 339 Å². The normalized spacial score (nSPS) is 20.8. The fourth-order valence-electron chi connectivity index (χ4n) is 16.7. The van der Waals surface area contributed by atoms with Crippen molar-refractivity contribution >= 4 is 43.3 Å². The molecule has 2 aliphatic rings. The quantitative estimate of drug-likeness (QED) is 0.0121. The lowest BCUT2D eigenvalue weighted by Crippen LogP contribution is -2.67. The first-order chi connectivity index (χ1) is 58.6. The molecule has 8 N–H and O–H groups in total. The molecule has 0 aromatic rings. The van der Waals surface area contributed by atoms with Crippen LogP contribution >= 0.6 is 7.60 Å². The van der Waals surface area contributed by atoms with E-state index in [1.165, 1.54) is 135 Å². The lowest BCUT2D eigenvalue weighted by atomic mass is 9.95. The smallest absolute Gasteiger partial charge is 0.327 e. The van der Waals surface area contributed by atoms with Gasteiger partial charge in [-0.1, -0.05) is 388 Å². The summed E-state index contributed by atoms with van der Waals surface area (Å²) in [6.07, 6.45) is 42.9. The van der Waals surface area contributed by atoms with Gasteiger partial charge in [0.25, 0.3) is 0 Å². The maximum absolute atomic E-state index is 14.8. The largest absolute Gasteiger partial charge is 0.462 e. The fraction of sp³-hybridized carbons (Fsp3) is 0.938. The van der Waals surface area contributed by atoms with E-state index in [0.29, 0.717) is 57.8 Å². The van der Waals surface area contributed by atoms with Crippen LogP contribution in [0.25, 0.3) is 0 Å². The molecule has 2 aliphatic heterocycles. The van der Waals surface area contributed by atoms with E-state index in [0.717, 1.165) is 206 Å². The van der Waals surface area contributed by atoms with Crippen molar-refractivity contribution in [3.63, 3.8) is 0 Å². The number of aliphatic hydroxyl groups excluding tert-OH is 5. The molecule has 24 heteroatoms. The maximum Gasteiger partial charge on any atom is 0.327 e. The fourth-order valence-corrected chi connectivity index (χ4v) is 17.3. The Kier molecular flexibility index (Phi) is 72.1. The Balaban J connectivity index is 2.66. The number of carbonyl (C=O) groups is 6. The summed E-state index contributed by atoms with van der Waals surface area (Å²) in [6, 6.07) is -3.36. The zero-order valence-corrected chi connectivity index (χ0v) is 78.7. The zero-order chi connectivity index (χ0) is 88.6. The molecule has 11 unspecified atom stereocenters. The Hall–Kier alpha value is -3.35. The van der Waals surface area contributed by atoms with E-state index in [1.54, 1.807) is 0 Å². The molecule has 0 bridgehead atoms. The number of amides is 2. The minimum Gasteiger partial charge on any atom is -0.462 e. The van der Waals surface area contributed by atoms with E-state index in [2.05, 4.69) is 52.2 Å². The van der Waals surface area contributed by atoms with E-state index in [9.17, 15) is 63.8 Å². The molecular weight excluding hydrogens is 1560 g/mol. The lowest BCUT2D eigenvalue weighted by Gasteiger charge is -2.46. The molecule has 2 amide bonds. The van der Waals surface area contributed by atoms with Crippen LogP contribution in [0.1, 0.15) is 478 Å². The summed E-state index contributed by atoms with van der Waals surface area (Å²) in [7, 11) is -4.64. The van der Waals surface area contributed by atoms with Crippen LogP contribution in [0.4, 0.5) is 0 Å². The van der Waals surface area contributed by atoms with Gasteiger partial charge in [-0.05, 0) is 51.4 Å². The van der Waals surface area contributed by atoms with E-state index < -0.39 is 161 Å². The van der Waals surface area contributed by atoms with Crippen molar-refractivity contribution in [2.24, 2.45) is 0 Å². The van der Waals surface area contributed by atoms with Crippen molar-refractivity contribution in [1.82, 2.24) is 10.6 Å². The predicted molar refractivity (Wildman–Crippen MR) is 483 cm³/mol. The summed E-state index contributed by atoms with van der Waals surface area (Å²) in [6.45, 7) is 12.4. The molecule has 2 rings (SSSR count). The van der Waals surface area contributed by atoms with Crippen LogP contribution in [-0.2, 0) is 71.0 Å². The highest BCUT2D eigenvalue weighted by atomic mass is 31.2. The molecule has 0 saturated carbocycles. The number of unbranched alkanes of at least 4 members (excludes halogenated alkanes) is 52. The van der Waals surface area contributed by atoms with Gasteiger partial charge in [0.05, 0.1) is 51.1 Å². The summed E-state index contributed by atoms with van der Waals surface area (Å²) in [5, 5.41) is 64.0. The van der Waals surface area contributed by atoms with Gasteiger partial charge in [0.1, 0.15) is 48.7 Å². The molecule has 2 fully saturated rings. The molecule has 2 heterocycles. The lowest BCUT2D eigenvalue weighted by molar-refractivity contribution is -0.297. The average Bonchev–Trinajstić information content (AvgIpc) is 0.782. The highest BCUT2D eigenvalue weighted by Gasteiger charge is 2.53. The standard InChI is InChI=1S/C97H183N2O21P/c1-8-14-20-26-32-38-39-40-41-47-53-59-64-70-86(105)114-80(68-62-56-50-44-35-29-23-17-11-4)74-85(104)99-91-95(118-88(107)73-79(102)67-61-55-49-43-34-28-22-16-10-3)93(110)83(117-97(91)120-121(7,111)112)77-113-96-90(98-84(103)72-78(101)66-60-54-48-42-33-27-21-15-9-2)94(92(109)82(76-100)116-96)119-89(108)75-81(69-63-57-51-45-36-30-24-18-12-5)115-87(106)71-65-58-52-46-37-31-25-19-13-6/h78-83,90-97,100-102,109-110H,8-77H2,1-7H3,(H,98,103)(H,99,104)(H,111,112)/t78?,79?,80?,81?,82?,83?,90?,91?,92?,93-,94-,95-,96-,97?/m1/s1. The zero-order valence-electron chi connectivity index (χ0n) is 77.8. The summed E-state index contributed by atoms with van der Waals surface area (Å²) in [5.74, 6) is -4.29. The molecule has 2 saturated heterocycles. The second-order valence-electron chi connectivity index (χ2n) is 36.0. The van der Waals surface area contributed by atoms with Crippen LogP contribution < -0.4 is 10.6 Å². The number of esters is 4. The molecule has 0 aromatic heterocycles. The summed E-state index contributed by atoms with van der Waals surface area (Å²) in [5.41, 5.74) is 0. The summed E-state index contributed by atoms with van der Waals surface area (Å²) < 4.78 is 62.9. The van der Waals surface area contributed by atoms with Crippen LogP contribution in [0.15, 0.2) is 0 Å². The number of nitrogens with one attached hydrogen (secondary N) is 2. The first-order valence-corrected chi connectivity index (χ1v) is 52.3. The van der Waals surface area contributed by atoms with Gasteiger partial charge < -0.3 is 74.2 Å². The molecule has 0 spiro atoms. The molecule has 0 aromatic carbocycles. The van der Waals surface area contributed by atoms with E-state index in [4.69, 9.17) is 37.7 Å². The second-order valence-corrected chi connectivity index (χ2v) is 37.8. The number of hydrogen-bond acceptors (Lipinski definition) is 20. The molecular formula is C97H183N2O21P. The third kappa shape index (κ3) is 60.9. The van der Waals surface area contributed by atoms with Gasteiger partial charge in [0.2, 0.25) is 11.8 Å². The van der Waals surface area contributed by atoms with Gasteiger partial charge in [-0.25, -0.2) is 0 Å². The number of ether oxygens (including phenoxy) is 7. The molecule has 15 atom stereocenters. The highest BCUT2D eigenvalue weighted by Crippen LogP contribution is 2.42. The van der Waals surface area contributed by atoms with Crippen LogP contribution in [0.2, 0.25) is 0 Å². The van der Waals surface area contributed by atoms with E-state index in [1.807, 2.05) is 0 Å². The van der Waals surface area contributed by atoms with Gasteiger partial charge in [0, 0.05) is 19.5 Å². The third-order valence-electron chi connectivity index (χ3n) is 24.2. The van der Waals surface area contributed by atoms with Gasteiger partial charge in [-0.15, -0.1) is 0 Å². The average molecular weight is 1740 g/mol. The van der Waals surface area contributed by atoms with Gasteiger partial charge in [-0.2, -0.15) is 0 Å². The van der Waals surface area contributed by atoms with Gasteiger partial charge in [0.15, 0.2) is 24.8 Å². The van der Waals surface area contributed by atoms with Crippen molar-refractivity contribution in [2.75, 3.05) is 19.9 Å². The van der Waals surface area contributed by atoms with Crippen LogP contribution in [0.5, 0.6) is 0 Å². The minimum atomic E-state index is -4.64. The third-order valence-corrected chi connectivity index (χ3v) is 24.8. The maximum atomic E-state index is 14.8. The Labute approximate surface area is 735 Å². The van der Waals surface area contributed by atoms with Crippen LogP contribution in [0.3, 0.4) is 0 Å². The van der Waals surface area contributed by atoms with Crippen molar-refractivity contribution in [3.8, 4) is 0 Å².